The van der Waals surface area contributed by atoms with Crippen molar-refractivity contribution in [3.63, 3.8) is 0 Å². The molecule has 0 unspecified atom stereocenters. The number of nitrogens with zero attached hydrogens (tertiary/aromatic N) is 2. The summed E-state index contributed by atoms with van der Waals surface area (Å²) in [4.78, 5) is 19.1. The second kappa shape index (κ2) is 5.91. The smallest absolute Gasteiger partial charge is 0.251 e. The van der Waals surface area contributed by atoms with E-state index in [0.29, 0.717) is 5.56 Å². The molecule has 0 aliphatic heterocycles. The first kappa shape index (κ1) is 12.2. The quantitative estimate of drug-likeness (QED) is 0.867. The number of rotatable bonds is 5. The number of aromatic nitrogens is 2. The van der Waals surface area contributed by atoms with Gasteiger partial charge in [0.25, 0.3) is 5.91 Å². The first-order valence-corrected chi connectivity index (χ1v) is 5.90. The van der Waals surface area contributed by atoms with E-state index >= 15 is 0 Å². The van der Waals surface area contributed by atoms with Crippen LogP contribution in [0.4, 0.5) is 0 Å². The second-order valence-corrected chi connectivity index (χ2v) is 4.09. The molecule has 4 nitrogen and oxygen atoms in total. The van der Waals surface area contributed by atoms with E-state index in [1.807, 2.05) is 18.2 Å². The number of amides is 1. The molecule has 1 aromatic carbocycles. The molecule has 1 amide bonds. The van der Waals surface area contributed by atoms with Crippen molar-refractivity contribution in [2.24, 2.45) is 5.73 Å². The average Bonchev–Trinajstić information content (AvgIpc) is 2.40. The molecule has 1 heterocycles. The molecule has 0 saturated carbocycles. The highest BCUT2D eigenvalue weighted by molar-refractivity contribution is 5.92. The summed E-state index contributed by atoms with van der Waals surface area (Å²) < 4.78 is 0. The number of carbonyl (C=O) groups excluding carboxylic acids is 1. The minimum absolute atomic E-state index is 0.349. The van der Waals surface area contributed by atoms with Gasteiger partial charge in [-0.1, -0.05) is 30.3 Å². The van der Waals surface area contributed by atoms with Gasteiger partial charge in [-0.3, -0.25) is 4.79 Å². The van der Waals surface area contributed by atoms with Crippen LogP contribution in [0.25, 0.3) is 0 Å². The summed E-state index contributed by atoms with van der Waals surface area (Å²) in [6.07, 6.45) is 5.75. The van der Waals surface area contributed by atoms with Crippen LogP contribution in [0.5, 0.6) is 0 Å². The summed E-state index contributed by atoms with van der Waals surface area (Å²) in [6.45, 7) is 0. The van der Waals surface area contributed by atoms with Crippen LogP contribution in [0.3, 0.4) is 0 Å². The lowest BCUT2D eigenvalue weighted by Crippen LogP contribution is -2.12. The molecule has 0 aliphatic carbocycles. The summed E-state index contributed by atoms with van der Waals surface area (Å²) in [5.74, 6) is 0.252. The van der Waals surface area contributed by atoms with E-state index in [0.717, 1.165) is 25.1 Å². The lowest BCUT2D eigenvalue weighted by Gasteiger charge is -2.01. The standard InChI is InChI=1S/C14H15N3O/c15-14(18)12-9-16-13(17-10-12)8-4-7-11-5-2-1-3-6-11/h1-3,5-6,9-10H,4,7-8H2,(H2,15,18). The lowest BCUT2D eigenvalue weighted by atomic mass is 10.1. The van der Waals surface area contributed by atoms with Crippen LogP contribution in [0, 0.1) is 0 Å². The Bertz CT molecular complexity index is 508. The first-order chi connectivity index (χ1) is 8.75. The molecular weight excluding hydrogens is 226 g/mol. The number of benzene rings is 1. The molecule has 0 fully saturated rings. The Balaban J connectivity index is 1.85. The van der Waals surface area contributed by atoms with E-state index in [1.54, 1.807) is 0 Å². The van der Waals surface area contributed by atoms with Crippen LogP contribution in [0.2, 0.25) is 0 Å². The monoisotopic (exact) mass is 241 g/mol. The van der Waals surface area contributed by atoms with Crippen molar-refractivity contribution in [1.29, 1.82) is 0 Å². The summed E-state index contributed by atoms with van der Waals surface area (Å²) in [7, 11) is 0. The maximum absolute atomic E-state index is 10.9. The van der Waals surface area contributed by atoms with Gasteiger partial charge in [0.05, 0.1) is 5.56 Å². The minimum Gasteiger partial charge on any atom is -0.366 e. The predicted molar refractivity (Wildman–Crippen MR) is 69.0 cm³/mol. The molecule has 2 rings (SSSR count). The molecule has 92 valence electrons. The van der Waals surface area contributed by atoms with Crippen molar-refractivity contribution in [2.45, 2.75) is 19.3 Å². The zero-order chi connectivity index (χ0) is 12.8. The molecule has 0 spiro atoms. The number of hydrogen-bond acceptors (Lipinski definition) is 3. The molecule has 4 heteroatoms. The van der Waals surface area contributed by atoms with Gasteiger partial charge in [0, 0.05) is 18.8 Å². The largest absolute Gasteiger partial charge is 0.366 e. The van der Waals surface area contributed by atoms with Crippen molar-refractivity contribution in [3.05, 3.63) is 59.7 Å². The topological polar surface area (TPSA) is 68.9 Å². The van der Waals surface area contributed by atoms with E-state index < -0.39 is 5.91 Å². The number of aryl methyl sites for hydroxylation is 2. The van der Waals surface area contributed by atoms with Gasteiger partial charge in [-0.15, -0.1) is 0 Å². The van der Waals surface area contributed by atoms with Crippen LogP contribution in [-0.2, 0) is 12.8 Å². The molecule has 0 atom stereocenters. The molecule has 0 saturated heterocycles. The van der Waals surface area contributed by atoms with Crippen molar-refractivity contribution in [1.82, 2.24) is 9.97 Å². The molecule has 2 aromatic rings. The fourth-order valence-electron chi connectivity index (χ4n) is 1.71. The van der Waals surface area contributed by atoms with E-state index in [4.69, 9.17) is 5.73 Å². The molecule has 0 bridgehead atoms. The lowest BCUT2D eigenvalue weighted by molar-refractivity contribution is 0.0999. The van der Waals surface area contributed by atoms with Crippen molar-refractivity contribution in [2.75, 3.05) is 0 Å². The fourth-order valence-corrected chi connectivity index (χ4v) is 1.71. The summed E-state index contributed by atoms with van der Waals surface area (Å²) >= 11 is 0. The Hall–Kier alpha value is -2.23. The maximum atomic E-state index is 10.9. The van der Waals surface area contributed by atoms with Crippen LogP contribution in [-0.4, -0.2) is 15.9 Å². The van der Waals surface area contributed by atoms with Crippen molar-refractivity contribution >= 4 is 5.91 Å². The summed E-state index contributed by atoms with van der Waals surface area (Å²) in [5.41, 5.74) is 6.78. The number of primary amides is 1. The van der Waals surface area contributed by atoms with Gasteiger partial charge in [0.1, 0.15) is 5.82 Å². The highest BCUT2D eigenvalue weighted by Crippen LogP contribution is 2.05. The van der Waals surface area contributed by atoms with Crippen molar-refractivity contribution < 1.29 is 4.79 Å². The second-order valence-electron chi connectivity index (χ2n) is 4.09. The summed E-state index contributed by atoms with van der Waals surface area (Å²) in [5, 5.41) is 0. The normalized spacial score (nSPS) is 10.2. The van der Waals surface area contributed by atoms with E-state index in [-0.39, 0.29) is 0 Å². The zero-order valence-corrected chi connectivity index (χ0v) is 10.0. The number of carbonyl (C=O) groups is 1. The van der Waals surface area contributed by atoms with Gasteiger partial charge in [-0.25, -0.2) is 9.97 Å². The van der Waals surface area contributed by atoms with E-state index in [2.05, 4.69) is 22.1 Å². The van der Waals surface area contributed by atoms with Gasteiger partial charge in [0.15, 0.2) is 0 Å². The van der Waals surface area contributed by atoms with Crippen molar-refractivity contribution in [3.8, 4) is 0 Å². The number of hydrogen-bond donors (Lipinski definition) is 1. The number of nitrogens with two attached hydrogens (primary N) is 1. The van der Waals surface area contributed by atoms with Gasteiger partial charge in [-0.05, 0) is 18.4 Å². The van der Waals surface area contributed by atoms with Gasteiger partial charge in [-0.2, -0.15) is 0 Å². The predicted octanol–water partition coefficient (Wildman–Crippen LogP) is 1.75. The molecule has 1 aromatic heterocycles. The van der Waals surface area contributed by atoms with Gasteiger partial charge in [0.2, 0.25) is 0 Å². The third kappa shape index (κ3) is 3.38. The van der Waals surface area contributed by atoms with Crippen LogP contribution >= 0.6 is 0 Å². The molecule has 18 heavy (non-hydrogen) atoms. The molecular formula is C14H15N3O. The van der Waals surface area contributed by atoms with Gasteiger partial charge < -0.3 is 5.73 Å². The highest BCUT2D eigenvalue weighted by atomic mass is 16.1. The van der Waals surface area contributed by atoms with E-state index in [1.165, 1.54) is 18.0 Å². The Morgan fingerprint density at radius 2 is 1.72 bits per heavy atom. The molecule has 0 radical (unpaired) electrons. The SMILES string of the molecule is NC(=O)c1cnc(CCCc2ccccc2)nc1. The third-order valence-corrected chi connectivity index (χ3v) is 2.70. The third-order valence-electron chi connectivity index (χ3n) is 2.70. The fraction of sp³-hybridized carbons (Fsp3) is 0.214. The van der Waals surface area contributed by atoms with Crippen LogP contribution < -0.4 is 5.73 Å². The first-order valence-electron chi connectivity index (χ1n) is 5.90. The Morgan fingerprint density at radius 1 is 1.06 bits per heavy atom. The Kier molecular flexibility index (Phi) is 4.02. The summed E-state index contributed by atoms with van der Waals surface area (Å²) in [6, 6.07) is 10.3. The highest BCUT2D eigenvalue weighted by Gasteiger charge is 2.02. The molecule has 0 aliphatic rings. The van der Waals surface area contributed by atoms with Crippen LogP contribution in [0.1, 0.15) is 28.2 Å². The maximum Gasteiger partial charge on any atom is 0.251 e. The minimum atomic E-state index is -0.495. The Morgan fingerprint density at radius 3 is 2.33 bits per heavy atom. The van der Waals surface area contributed by atoms with E-state index in [9.17, 15) is 4.79 Å². The van der Waals surface area contributed by atoms with Gasteiger partial charge >= 0.3 is 0 Å². The van der Waals surface area contributed by atoms with Crippen LogP contribution in [0.15, 0.2) is 42.7 Å². The average molecular weight is 241 g/mol. The Labute approximate surface area is 106 Å². The molecule has 2 N–H and O–H groups in total. The zero-order valence-electron chi connectivity index (χ0n) is 10.0.